The number of alkyl halides is 3. The molecule has 5 aromatic rings. The predicted molar refractivity (Wildman–Crippen MR) is 122 cm³/mol. The highest BCUT2D eigenvalue weighted by Crippen LogP contribution is 2.41. The summed E-state index contributed by atoms with van der Waals surface area (Å²) in [7, 11) is 1.74. The van der Waals surface area contributed by atoms with Gasteiger partial charge in [-0.3, -0.25) is 0 Å². The van der Waals surface area contributed by atoms with E-state index in [1.807, 2.05) is 0 Å². The van der Waals surface area contributed by atoms with Crippen molar-refractivity contribution >= 4 is 22.1 Å². The third-order valence-electron chi connectivity index (χ3n) is 6.09. The monoisotopic (exact) mass is 503 g/mol. The first-order valence-corrected chi connectivity index (χ1v) is 11.2. The molecule has 0 aliphatic heterocycles. The Morgan fingerprint density at radius 1 is 1.19 bits per heavy atom. The molecule has 1 atom stereocenters. The second-order valence-corrected chi connectivity index (χ2v) is 9.34. The molecule has 190 valence electrons. The second kappa shape index (κ2) is 8.15. The van der Waals surface area contributed by atoms with E-state index in [0.29, 0.717) is 45.1 Å². The highest BCUT2D eigenvalue weighted by Gasteiger charge is 2.36. The van der Waals surface area contributed by atoms with Gasteiger partial charge < -0.3 is 18.6 Å². The number of hydrogen-bond acceptors (Lipinski definition) is 8. The summed E-state index contributed by atoms with van der Waals surface area (Å²) in [5.41, 5.74) is 2.55. The van der Waals surface area contributed by atoms with Crippen LogP contribution in [0.15, 0.2) is 27.5 Å². The first-order chi connectivity index (χ1) is 16.8. The van der Waals surface area contributed by atoms with Crippen LogP contribution in [0, 0.1) is 13.8 Å². The van der Waals surface area contributed by atoms with Gasteiger partial charge >= 0.3 is 6.18 Å². The summed E-state index contributed by atoms with van der Waals surface area (Å²) >= 11 is 0. The fourth-order valence-corrected chi connectivity index (χ4v) is 4.55. The molecule has 0 spiro atoms. The highest BCUT2D eigenvalue weighted by molar-refractivity contribution is 6.04. The number of aryl methyl sites for hydroxylation is 3. The van der Waals surface area contributed by atoms with Crippen molar-refractivity contribution in [2.75, 3.05) is 0 Å². The average Bonchev–Trinajstić information content (AvgIpc) is 3.52. The van der Waals surface area contributed by atoms with Gasteiger partial charge in [-0.2, -0.15) is 13.2 Å². The molecular formula is C23H24F3N7O3. The van der Waals surface area contributed by atoms with E-state index in [2.05, 4.69) is 25.4 Å². The fraction of sp³-hybridized carbons (Fsp3) is 0.435. The van der Waals surface area contributed by atoms with Crippen molar-refractivity contribution in [3.8, 4) is 11.3 Å². The number of hydrogen-bond donors (Lipinski definition) is 1. The van der Waals surface area contributed by atoms with Crippen LogP contribution in [0.5, 0.6) is 0 Å². The summed E-state index contributed by atoms with van der Waals surface area (Å²) in [5, 5.41) is 23.0. The molecule has 10 nitrogen and oxygen atoms in total. The quantitative estimate of drug-likeness (QED) is 0.353. The Bertz CT molecular complexity index is 1550. The van der Waals surface area contributed by atoms with Crippen molar-refractivity contribution in [2.45, 2.75) is 58.4 Å². The molecule has 0 bridgehead atoms. The van der Waals surface area contributed by atoms with Crippen molar-refractivity contribution in [1.82, 2.24) is 34.7 Å². The van der Waals surface area contributed by atoms with E-state index in [4.69, 9.17) is 8.94 Å². The number of nitrogens with zero attached hydrogens (tertiary/aromatic N) is 7. The Morgan fingerprint density at radius 2 is 1.94 bits per heavy atom. The second-order valence-electron chi connectivity index (χ2n) is 9.34. The lowest BCUT2D eigenvalue weighted by atomic mass is 10.0. The maximum Gasteiger partial charge on any atom is 0.389 e. The molecule has 0 aliphatic carbocycles. The first-order valence-electron chi connectivity index (χ1n) is 11.2. The van der Waals surface area contributed by atoms with Crippen LogP contribution in [-0.4, -0.2) is 46.0 Å². The SMILES string of the molecule is Cc1nc(C(CCC(F)(F)F)n2c3cc(-c4c(C)nnn4C)cnc3c3onc(C(C)(C)O)c32)co1. The first kappa shape index (κ1) is 24.0. The lowest BCUT2D eigenvalue weighted by Crippen LogP contribution is -2.20. The average molecular weight is 503 g/mol. The van der Waals surface area contributed by atoms with Gasteiger partial charge in [0.1, 0.15) is 34.3 Å². The standard InChI is InChI=1S/C23H24F3N7O3/c1-11-18(32(5)31-29-11)13-8-16-17(27-9-13)20-19(21(30-36-20)22(3,4)34)33(16)15(6-7-23(24,25)26)14-10-35-12(2)28-14/h8-10,15,34H,6-7H2,1-5H3. The van der Waals surface area contributed by atoms with Gasteiger partial charge in [0, 0.05) is 32.2 Å². The van der Waals surface area contributed by atoms with Crippen LogP contribution in [0.2, 0.25) is 0 Å². The third-order valence-corrected chi connectivity index (χ3v) is 6.09. The maximum absolute atomic E-state index is 13.4. The maximum atomic E-state index is 13.4. The normalized spacial score (nSPS) is 13.8. The van der Waals surface area contributed by atoms with Crippen LogP contribution in [0.3, 0.4) is 0 Å². The Morgan fingerprint density at radius 3 is 2.53 bits per heavy atom. The van der Waals surface area contributed by atoms with Gasteiger partial charge in [-0.25, -0.2) is 14.6 Å². The van der Waals surface area contributed by atoms with Gasteiger partial charge in [-0.05, 0) is 33.3 Å². The van der Waals surface area contributed by atoms with Crippen molar-refractivity contribution in [3.63, 3.8) is 0 Å². The van der Waals surface area contributed by atoms with Gasteiger partial charge in [-0.1, -0.05) is 10.4 Å². The van der Waals surface area contributed by atoms with Crippen molar-refractivity contribution in [3.05, 3.63) is 41.5 Å². The number of oxazole rings is 1. The molecule has 13 heteroatoms. The van der Waals surface area contributed by atoms with Crippen LogP contribution < -0.4 is 0 Å². The van der Waals surface area contributed by atoms with Crippen LogP contribution in [0.25, 0.3) is 33.4 Å². The molecule has 0 fully saturated rings. The van der Waals surface area contributed by atoms with Crippen molar-refractivity contribution < 1.29 is 27.2 Å². The lowest BCUT2D eigenvalue weighted by molar-refractivity contribution is -0.136. The molecule has 36 heavy (non-hydrogen) atoms. The molecule has 0 saturated carbocycles. The Labute approximate surface area is 202 Å². The summed E-state index contributed by atoms with van der Waals surface area (Å²) < 4.78 is 54.4. The summed E-state index contributed by atoms with van der Waals surface area (Å²) in [6.45, 7) is 6.48. The molecular weight excluding hydrogens is 479 g/mol. The number of pyridine rings is 1. The molecule has 5 aromatic heterocycles. The summed E-state index contributed by atoms with van der Waals surface area (Å²) in [4.78, 5) is 8.93. The van der Waals surface area contributed by atoms with Crippen LogP contribution in [-0.2, 0) is 12.6 Å². The van der Waals surface area contributed by atoms with Gasteiger partial charge in [-0.15, -0.1) is 5.10 Å². The van der Waals surface area contributed by atoms with E-state index in [1.54, 1.807) is 42.4 Å². The molecule has 0 amide bonds. The van der Waals surface area contributed by atoms with E-state index >= 15 is 0 Å². The van der Waals surface area contributed by atoms with E-state index < -0.39 is 24.2 Å². The van der Waals surface area contributed by atoms with E-state index in [-0.39, 0.29) is 17.7 Å². The van der Waals surface area contributed by atoms with E-state index in [1.165, 1.54) is 20.1 Å². The number of aliphatic hydroxyl groups is 1. The number of fused-ring (bicyclic) bond motifs is 3. The smallest absolute Gasteiger partial charge is 0.389 e. The van der Waals surface area contributed by atoms with Gasteiger partial charge in [0.25, 0.3) is 0 Å². The zero-order valence-corrected chi connectivity index (χ0v) is 20.3. The Hall–Kier alpha value is -3.74. The molecule has 0 saturated heterocycles. The van der Waals surface area contributed by atoms with Gasteiger partial charge in [0.05, 0.1) is 22.9 Å². The number of halogens is 3. The zero-order chi connectivity index (χ0) is 26.0. The zero-order valence-electron chi connectivity index (χ0n) is 20.3. The molecule has 0 aliphatic rings. The number of aromatic nitrogens is 7. The fourth-order valence-electron chi connectivity index (χ4n) is 4.55. The van der Waals surface area contributed by atoms with Gasteiger partial charge in [0.2, 0.25) is 5.58 Å². The minimum absolute atomic E-state index is 0.174. The van der Waals surface area contributed by atoms with Crippen LogP contribution in [0.4, 0.5) is 13.2 Å². The lowest BCUT2D eigenvalue weighted by Gasteiger charge is -2.22. The highest BCUT2D eigenvalue weighted by atomic mass is 19.4. The molecule has 5 rings (SSSR count). The number of rotatable bonds is 6. The topological polar surface area (TPSA) is 121 Å². The van der Waals surface area contributed by atoms with Crippen LogP contribution in [0.1, 0.15) is 55.7 Å². The molecule has 5 heterocycles. The summed E-state index contributed by atoms with van der Waals surface area (Å²) in [6.07, 6.45) is -2.83. The van der Waals surface area contributed by atoms with E-state index in [9.17, 15) is 18.3 Å². The third kappa shape index (κ3) is 4.02. The predicted octanol–water partition coefficient (Wildman–Crippen LogP) is 4.74. The van der Waals surface area contributed by atoms with Gasteiger partial charge in [0.15, 0.2) is 5.89 Å². The molecule has 1 unspecified atom stereocenters. The summed E-state index contributed by atoms with van der Waals surface area (Å²) in [6, 6.07) is 0.887. The van der Waals surface area contributed by atoms with E-state index in [0.717, 1.165) is 0 Å². The van der Waals surface area contributed by atoms with Crippen molar-refractivity contribution in [1.29, 1.82) is 0 Å². The molecule has 0 radical (unpaired) electrons. The van der Waals surface area contributed by atoms with Crippen LogP contribution >= 0.6 is 0 Å². The van der Waals surface area contributed by atoms with Crippen molar-refractivity contribution in [2.24, 2.45) is 7.05 Å². The Balaban J connectivity index is 1.85. The minimum Gasteiger partial charge on any atom is -0.449 e. The summed E-state index contributed by atoms with van der Waals surface area (Å²) in [5.74, 6) is 0.318. The molecule has 1 N–H and O–H groups in total. The minimum atomic E-state index is -4.40. The molecule has 0 aromatic carbocycles. The Kier molecular flexibility index (Phi) is 5.43. The largest absolute Gasteiger partial charge is 0.449 e.